The predicted octanol–water partition coefficient (Wildman–Crippen LogP) is 5.38. The highest BCUT2D eigenvalue weighted by molar-refractivity contribution is 9.12. The lowest BCUT2D eigenvalue weighted by Crippen LogP contribution is -1.87. The summed E-state index contributed by atoms with van der Waals surface area (Å²) in [7, 11) is 0. The molecule has 0 fully saturated rings. The molecule has 3 heteroatoms. The fraction of sp³-hybridized carbons (Fsp3) is 0.167. The third-order valence-electron chi connectivity index (χ3n) is 2.90. The Balaban J connectivity index is 2.51. The van der Waals surface area contributed by atoms with Gasteiger partial charge in [0.05, 0.1) is 9.65 Å². The van der Waals surface area contributed by atoms with Crippen LogP contribution in [0.25, 0.3) is 10.8 Å². The first kappa shape index (κ1) is 10.1. The maximum atomic E-state index is 6.19. The van der Waals surface area contributed by atoms with Crippen molar-refractivity contribution >= 4 is 54.2 Å². The van der Waals surface area contributed by atoms with E-state index in [0.717, 1.165) is 10.4 Å². The molecule has 0 N–H and O–H groups in total. The van der Waals surface area contributed by atoms with Gasteiger partial charge in [0, 0.05) is 10.4 Å². The van der Waals surface area contributed by atoms with Gasteiger partial charge < -0.3 is 0 Å². The average Bonchev–Trinajstić information content (AvgIpc) is 2.50. The Hall–Kier alpha value is -0.0500. The fourth-order valence-corrected chi connectivity index (χ4v) is 3.76. The Morgan fingerprint density at radius 3 is 2.33 bits per heavy atom. The molecule has 3 rings (SSSR count). The summed E-state index contributed by atoms with van der Waals surface area (Å²) in [5.74, 6) is 0. The molecule has 76 valence electrons. The van der Waals surface area contributed by atoms with E-state index in [-0.39, 0.29) is 0 Å². The maximum absolute atomic E-state index is 6.19. The van der Waals surface area contributed by atoms with Gasteiger partial charge in [0.2, 0.25) is 0 Å². The zero-order valence-corrected chi connectivity index (χ0v) is 11.6. The van der Waals surface area contributed by atoms with Crippen molar-refractivity contribution in [3.63, 3.8) is 0 Å². The molecule has 0 heterocycles. The van der Waals surface area contributed by atoms with Crippen molar-refractivity contribution in [2.24, 2.45) is 0 Å². The zero-order valence-electron chi connectivity index (χ0n) is 7.68. The monoisotopic (exact) mass is 344 g/mol. The Labute approximate surface area is 110 Å². The van der Waals surface area contributed by atoms with Crippen LogP contribution in [-0.2, 0) is 0 Å². The second-order valence-corrected chi connectivity index (χ2v) is 6.09. The molecule has 2 atom stereocenters. The van der Waals surface area contributed by atoms with Crippen molar-refractivity contribution in [1.29, 1.82) is 0 Å². The molecule has 1 aliphatic carbocycles. The normalized spacial score (nSPS) is 23.7. The van der Waals surface area contributed by atoms with E-state index >= 15 is 0 Å². The maximum Gasteiger partial charge on any atom is 0.0567 e. The number of hydrogen-bond acceptors (Lipinski definition) is 0. The summed E-state index contributed by atoms with van der Waals surface area (Å²) in [6.45, 7) is 0. The van der Waals surface area contributed by atoms with Gasteiger partial charge >= 0.3 is 0 Å². The van der Waals surface area contributed by atoms with Gasteiger partial charge in [-0.15, -0.1) is 0 Å². The van der Waals surface area contributed by atoms with Gasteiger partial charge in [0.1, 0.15) is 0 Å². The summed E-state index contributed by atoms with van der Waals surface area (Å²) in [6.07, 6.45) is 0. The van der Waals surface area contributed by atoms with Gasteiger partial charge in [-0.05, 0) is 22.6 Å². The van der Waals surface area contributed by atoms with E-state index < -0.39 is 0 Å². The Bertz CT molecular complexity index is 536. The van der Waals surface area contributed by atoms with Crippen molar-refractivity contribution in [3.8, 4) is 0 Å². The molecule has 1 aliphatic rings. The average molecular weight is 346 g/mol. The molecule has 0 bridgehead atoms. The molecule has 0 radical (unpaired) electrons. The Kier molecular flexibility index (Phi) is 2.35. The van der Waals surface area contributed by atoms with Crippen LogP contribution >= 0.6 is 43.5 Å². The van der Waals surface area contributed by atoms with Crippen LogP contribution in [0.15, 0.2) is 30.3 Å². The summed E-state index contributed by atoms with van der Waals surface area (Å²) in [5, 5.41) is 3.28. The summed E-state index contributed by atoms with van der Waals surface area (Å²) in [6, 6.07) is 10.4. The summed E-state index contributed by atoms with van der Waals surface area (Å²) in [5.41, 5.74) is 2.65. The standard InChI is InChI=1S/C12H7Br2Cl/c13-11-7-3-1-2-6-9(15)5-4-8(10(6)7)12(11)14/h1-5,11-12H/t11-,12-/m0/s1. The van der Waals surface area contributed by atoms with Gasteiger partial charge in [-0.25, -0.2) is 0 Å². The Morgan fingerprint density at radius 1 is 0.933 bits per heavy atom. The summed E-state index contributed by atoms with van der Waals surface area (Å²) < 4.78 is 0. The van der Waals surface area contributed by atoms with Crippen LogP contribution < -0.4 is 0 Å². The van der Waals surface area contributed by atoms with Crippen molar-refractivity contribution < 1.29 is 0 Å². The number of rotatable bonds is 0. The lowest BCUT2D eigenvalue weighted by Gasteiger charge is -2.06. The van der Waals surface area contributed by atoms with E-state index in [9.17, 15) is 0 Å². The van der Waals surface area contributed by atoms with Gasteiger partial charge in [0.15, 0.2) is 0 Å². The SMILES string of the molecule is Clc1ccc2c3c(cccc13)[C@H](Br)[C@H]2Br. The molecule has 2 aromatic rings. The smallest absolute Gasteiger partial charge is 0.0567 e. The molecule has 0 unspecified atom stereocenters. The molecular formula is C12H7Br2Cl. The van der Waals surface area contributed by atoms with Crippen molar-refractivity contribution in [2.45, 2.75) is 9.65 Å². The second-order valence-electron chi connectivity index (χ2n) is 3.71. The third-order valence-corrected chi connectivity index (χ3v) is 5.99. The minimum atomic E-state index is 0.342. The van der Waals surface area contributed by atoms with Crippen LogP contribution in [0.3, 0.4) is 0 Å². The highest BCUT2D eigenvalue weighted by atomic mass is 79.9. The number of alkyl halides is 2. The minimum absolute atomic E-state index is 0.342. The van der Waals surface area contributed by atoms with Crippen molar-refractivity contribution in [3.05, 3.63) is 46.5 Å². The minimum Gasteiger partial charge on any atom is -0.0837 e. The molecule has 2 aromatic carbocycles. The van der Waals surface area contributed by atoms with Crippen LogP contribution in [0.2, 0.25) is 5.02 Å². The van der Waals surface area contributed by atoms with E-state index in [1.807, 2.05) is 6.07 Å². The van der Waals surface area contributed by atoms with Crippen molar-refractivity contribution in [2.75, 3.05) is 0 Å². The van der Waals surface area contributed by atoms with E-state index in [1.165, 1.54) is 16.5 Å². The number of benzene rings is 2. The molecule has 0 saturated carbocycles. The van der Waals surface area contributed by atoms with Crippen molar-refractivity contribution in [1.82, 2.24) is 0 Å². The van der Waals surface area contributed by atoms with Gasteiger partial charge in [-0.3, -0.25) is 0 Å². The van der Waals surface area contributed by atoms with E-state index in [2.05, 4.69) is 56.1 Å². The van der Waals surface area contributed by atoms with Crippen LogP contribution in [0.5, 0.6) is 0 Å². The molecule has 0 spiro atoms. The first-order chi connectivity index (χ1) is 7.20. The summed E-state index contributed by atoms with van der Waals surface area (Å²) in [4.78, 5) is 0.685. The number of halogens is 3. The molecule has 0 amide bonds. The lowest BCUT2D eigenvalue weighted by atomic mass is 10.1. The Morgan fingerprint density at radius 2 is 1.60 bits per heavy atom. The predicted molar refractivity (Wildman–Crippen MR) is 72.3 cm³/mol. The third kappa shape index (κ3) is 1.31. The first-order valence-electron chi connectivity index (χ1n) is 4.69. The van der Waals surface area contributed by atoms with Gasteiger partial charge in [-0.2, -0.15) is 0 Å². The zero-order chi connectivity index (χ0) is 10.6. The van der Waals surface area contributed by atoms with Crippen LogP contribution in [0, 0.1) is 0 Å². The topological polar surface area (TPSA) is 0 Å². The highest BCUT2D eigenvalue weighted by Crippen LogP contribution is 2.53. The lowest BCUT2D eigenvalue weighted by molar-refractivity contribution is 0.999. The molecule has 0 aliphatic heterocycles. The molecule has 0 nitrogen and oxygen atoms in total. The molecule has 0 aromatic heterocycles. The second kappa shape index (κ2) is 3.47. The summed E-state index contributed by atoms with van der Waals surface area (Å²) >= 11 is 13.6. The van der Waals surface area contributed by atoms with E-state index in [1.54, 1.807) is 0 Å². The van der Waals surface area contributed by atoms with E-state index in [0.29, 0.717) is 9.65 Å². The van der Waals surface area contributed by atoms with Gasteiger partial charge in [-0.1, -0.05) is 67.7 Å². The quantitative estimate of drug-likeness (QED) is 0.562. The van der Waals surface area contributed by atoms with Gasteiger partial charge in [0.25, 0.3) is 0 Å². The molecule has 15 heavy (non-hydrogen) atoms. The highest BCUT2D eigenvalue weighted by Gasteiger charge is 2.30. The van der Waals surface area contributed by atoms with Crippen LogP contribution in [0.1, 0.15) is 20.8 Å². The van der Waals surface area contributed by atoms with Crippen LogP contribution in [0.4, 0.5) is 0 Å². The number of hydrogen-bond donors (Lipinski definition) is 0. The van der Waals surface area contributed by atoms with E-state index in [4.69, 9.17) is 11.6 Å². The molecular weight excluding hydrogens is 339 g/mol. The van der Waals surface area contributed by atoms with Crippen LogP contribution in [-0.4, -0.2) is 0 Å². The molecule has 0 saturated heterocycles. The largest absolute Gasteiger partial charge is 0.0837 e. The first-order valence-corrected chi connectivity index (χ1v) is 6.90. The fourth-order valence-electron chi connectivity index (χ4n) is 2.20.